The van der Waals surface area contributed by atoms with Crippen molar-refractivity contribution in [2.75, 3.05) is 0 Å². The molecule has 0 amide bonds. The van der Waals surface area contributed by atoms with E-state index in [1.165, 1.54) is 21.5 Å². The number of benzene rings is 9. The van der Waals surface area contributed by atoms with Crippen molar-refractivity contribution >= 4 is 32.6 Å². The minimum absolute atomic E-state index is 0.610. The molecule has 9 aromatic carbocycles. The third-order valence-corrected chi connectivity index (χ3v) is 11.0. The topological polar surface area (TPSA) is 56.5 Å². The minimum Gasteiger partial charge on any atom is -0.292 e. The molecule has 0 atom stereocenters. The molecule has 0 saturated carbocycles. The van der Waals surface area contributed by atoms with Gasteiger partial charge in [0.2, 0.25) is 0 Å². The van der Waals surface area contributed by atoms with E-state index in [9.17, 15) is 0 Å². The zero-order valence-electron chi connectivity index (χ0n) is 31.9. The highest BCUT2D eigenvalue weighted by atomic mass is 15.1. The Labute approximate surface area is 341 Å². The van der Waals surface area contributed by atoms with Gasteiger partial charge in [0.1, 0.15) is 5.82 Å². The zero-order valence-corrected chi connectivity index (χ0v) is 31.9. The van der Waals surface area contributed by atoms with Crippen LogP contribution in [0.1, 0.15) is 0 Å². The lowest BCUT2D eigenvalue weighted by atomic mass is 9.90. The average Bonchev–Trinajstić information content (AvgIpc) is 3.72. The number of rotatable bonds is 7. The first-order valence-electron chi connectivity index (χ1n) is 19.8. The molecule has 0 unspecified atom stereocenters. The smallest absolute Gasteiger partial charge is 0.164 e. The molecule has 0 aliphatic rings. The highest BCUT2D eigenvalue weighted by Gasteiger charge is 2.18. The predicted octanol–water partition coefficient (Wildman–Crippen LogP) is 13.5. The number of imidazole rings is 1. The molecule has 0 aliphatic carbocycles. The van der Waals surface area contributed by atoms with Crippen molar-refractivity contribution < 1.29 is 0 Å². The second kappa shape index (κ2) is 14.5. The highest BCUT2D eigenvalue weighted by Crippen LogP contribution is 2.40. The fraction of sp³-hybridized carbons (Fsp3) is 0. The van der Waals surface area contributed by atoms with E-state index in [0.717, 1.165) is 67.1 Å². The monoisotopic (exact) mass is 753 g/mol. The summed E-state index contributed by atoms with van der Waals surface area (Å²) >= 11 is 0. The van der Waals surface area contributed by atoms with Crippen LogP contribution in [0, 0.1) is 0 Å². The Morgan fingerprint density at radius 1 is 0.305 bits per heavy atom. The molecule has 2 heterocycles. The van der Waals surface area contributed by atoms with E-state index in [1.807, 2.05) is 72.8 Å². The molecule has 0 bridgehead atoms. The third kappa shape index (κ3) is 6.32. The van der Waals surface area contributed by atoms with Crippen LogP contribution in [-0.4, -0.2) is 24.5 Å². The summed E-state index contributed by atoms with van der Waals surface area (Å²) < 4.78 is 2.24. The van der Waals surface area contributed by atoms with Gasteiger partial charge >= 0.3 is 0 Å². The average molecular weight is 754 g/mol. The SMILES string of the molecule is c1ccc(-c2nc(-c3ccccc3)nc(-c3cc(-c4ccc(-c5nc6ccccc6n5-c5ccccc5)cc4)cc(-c4cc5ccccc5c5ccccc45)c3)n2)cc1. The van der Waals surface area contributed by atoms with E-state index in [2.05, 4.69) is 144 Å². The highest BCUT2D eigenvalue weighted by molar-refractivity contribution is 6.14. The summed E-state index contributed by atoms with van der Waals surface area (Å²) in [6.45, 7) is 0. The maximum Gasteiger partial charge on any atom is 0.164 e. The van der Waals surface area contributed by atoms with Crippen LogP contribution < -0.4 is 0 Å². The van der Waals surface area contributed by atoms with Crippen molar-refractivity contribution in [1.29, 1.82) is 0 Å². The van der Waals surface area contributed by atoms with Gasteiger partial charge in [0.05, 0.1) is 11.0 Å². The Kier molecular flexibility index (Phi) is 8.41. The van der Waals surface area contributed by atoms with E-state index < -0.39 is 0 Å². The summed E-state index contributed by atoms with van der Waals surface area (Å²) in [6, 6.07) is 74.1. The molecular weight excluding hydrogens is 719 g/mol. The number of aromatic nitrogens is 5. The van der Waals surface area contributed by atoms with Gasteiger partial charge in [-0.2, -0.15) is 0 Å². The lowest BCUT2D eigenvalue weighted by Crippen LogP contribution is -2.00. The van der Waals surface area contributed by atoms with E-state index in [0.29, 0.717) is 17.5 Å². The molecule has 0 N–H and O–H groups in total. The van der Waals surface area contributed by atoms with Crippen LogP contribution in [0.3, 0.4) is 0 Å². The maximum absolute atomic E-state index is 5.16. The van der Waals surface area contributed by atoms with E-state index in [4.69, 9.17) is 19.9 Å². The van der Waals surface area contributed by atoms with Gasteiger partial charge in [-0.05, 0) is 92.3 Å². The van der Waals surface area contributed by atoms with E-state index >= 15 is 0 Å². The molecule has 276 valence electrons. The first kappa shape index (κ1) is 34.2. The molecule has 11 rings (SSSR count). The van der Waals surface area contributed by atoms with Crippen molar-refractivity contribution in [2.45, 2.75) is 0 Å². The van der Waals surface area contributed by atoms with Crippen LogP contribution >= 0.6 is 0 Å². The Morgan fingerprint density at radius 2 is 0.814 bits per heavy atom. The quantitative estimate of drug-likeness (QED) is 0.152. The molecule has 0 radical (unpaired) electrons. The largest absolute Gasteiger partial charge is 0.292 e. The van der Waals surface area contributed by atoms with Crippen LogP contribution in [0.5, 0.6) is 0 Å². The number of para-hydroxylation sites is 3. The Morgan fingerprint density at radius 3 is 1.51 bits per heavy atom. The number of fused-ring (bicyclic) bond motifs is 4. The minimum atomic E-state index is 0.610. The normalized spacial score (nSPS) is 11.4. The van der Waals surface area contributed by atoms with Gasteiger partial charge in [0.25, 0.3) is 0 Å². The van der Waals surface area contributed by atoms with Gasteiger partial charge in [0.15, 0.2) is 17.5 Å². The van der Waals surface area contributed by atoms with Crippen LogP contribution in [0.15, 0.2) is 212 Å². The summed E-state index contributed by atoms with van der Waals surface area (Å²) in [7, 11) is 0. The summed E-state index contributed by atoms with van der Waals surface area (Å²) in [6.07, 6.45) is 0. The summed E-state index contributed by atoms with van der Waals surface area (Å²) in [4.78, 5) is 20.4. The number of nitrogens with zero attached hydrogens (tertiary/aromatic N) is 5. The van der Waals surface area contributed by atoms with Crippen molar-refractivity contribution in [3.63, 3.8) is 0 Å². The summed E-state index contributed by atoms with van der Waals surface area (Å²) in [5.41, 5.74) is 11.3. The van der Waals surface area contributed by atoms with Gasteiger partial charge < -0.3 is 0 Å². The van der Waals surface area contributed by atoms with Crippen molar-refractivity contribution in [3.8, 4) is 73.5 Å². The fourth-order valence-electron chi connectivity index (χ4n) is 8.18. The van der Waals surface area contributed by atoms with E-state index in [1.54, 1.807) is 0 Å². The summed E-state index contributed by atoms with van der Waals surface area (Å²) in [5, 5.41) is 4.83. The molecule has 2 aromatic heterocycles. The lowest BCUT2D eigenvalue weighted by Gasteiger charge is -2.15. The standard InChI is InChI=1S/C54H35N5/c1-4-16-37(17-5-1)51-56-52(38-18-6-2-7-19-38)58-53(57-51)43-33-41(32-42(34-43)48-35-40-20-10-11-23-45(40)46-24-12-13-25-47(46)48)36-28-30-39(31-29-36)54-55-49-26-14-15-27-50(49)59(54)44-21-8-3-9-22-44/h1-35H. The molecule has 0 spiro atoms. The van der Waals surface area contributed by atoms with Crippen LogP contribution in [0.4, 0.5) is 0 Å². The fourth-order valence-corrected chi connectivity index (χ4v) is 8.18. The van der Waals surface area contributed by atoms with Gasteiger partial charge in [-0.25, -0.2) is 19.9 Å². The second-order valence-electron chi connectivity index (χ2n) is 14.7. The van der Waals surface area contributed by atoms with Gasteiger partial charge in [-0.3, -0.25) is 4.57 Å². The first-order valence-corrected chi connectivity index (χ1v) is 19.8. The number of hydrogen-bond acceptors (Lipinski definition) is 4. The van der Waals surface area contributed by atoms with Crippen molar-refractivity contribution in [1.82, 2.24) is 24.5 Å². The van der Waals surface area contributed by atoms with Crippen molar-refractivity contribution in [3.05, 3.63) is 212 Å². The van der Waals surface area contributed by atoms with Gasteiger partial charge in [-0.15, -0.1) is 0 Å². The van der Waals surface area contributed by atoms with Crippen molar-refractivity contribution in [2.24, 2.45) is 0 Å². The van der Waals surface area contributed by atoms with Gasteiger partial charge in [0, 0.05) is 27.9 Å². The molecule has 0 fully saturated rings. The van der Waals surface area contributed by atoms with Crippen LogP contribution in [-0.2, 0) is 0 Å². The maximum atomic E-state index is 5.16. The molecular formula is C54H35N5. The third-order valence-electron chi connectivity index (χ3n) is 11.0. The Balaban J connectivity index is 1.12. The molecule has 0 aliphatic heterocycles. The zero-order chi connectivity index (χ0) is 39.1. The first-order chi connectivity index (χ1) is 29.2. The Hall–Kier alpha value is -8.02. The molecule has 59 heavy (non-hydrogen) atoms. The number of hydrogen-bond donors (Lipinski definition) is 0. The van der Waals surface area contributed by atoms with Crippen LogP contribution in [0.25, 0.3) is 106 Å². The molecule has 0 saturated heterocycles. The van der Waals surface area contributed by atoms with E-state index in [-0.39, 0.29) is 0 Å². The molecule has 5 nitrogen and oxygen atoms in total. The van der Waals surface area contributed by atoms with Gasteiger partial charge in [-0.1, -0.05) is 164 Å². The molecule has 11 aromatic rings. The second-order valence-corrected chi connectivity index (χ2v) is 14.7. The predicted molar refractivity (Wildman–Crippen MR) is 242 cm³/mol. The van der Waals surface area contributed by atoms with Crippen LogP contribution in [0.2, 0.25) is 0 Å². The lowest BCUT2D eigenvalue weighted by molar-refractivity contribution is 1.07. The molecule has 5 heteroatoms. The Bertz CT molecular complexity index is 3240. The summed E-state index contributed by atoms with van der Waals surface area (Å²) in [5.74, 6) is 2.76.